The van der Waals surface area contributed by atoms with Crippen molar-refractivity contribution in [1.82, 2.24) is 0 Å². The molecule has 11 atom stereocenters. The summed E-state index contributed by atoms with van der Waals surface area (Å²) in [6.07, 6.45) is -0.829. The van der Waals surface area contributed by atoms with Crippen LogP contribution in [0.5, 0.6) is 0 Å². The minimum absolute atomic E-state index is 0.000938. The topological polar surface area (TPSA) is 57.2 Å². The fourth-order valence-corrected chi connectivity index (χ4v) is 4.19. The van der Waals surface area contributed by atoms with Gasteiger partial charge in [0.2, 0.25) is 1.43 Å². The van der Waals surface area contributed by atoms with Gasteiger partial charge in [-0.25, -0.2) is 0 Å². The SMILES string of the molecule is [3H]OCC1OC(C)C(OC2OC(C)C(C)C(C)C2C)C(OB(C)P)C1C. The van der Waals surface area contributed by atoms with Crippen LogP contribution in [0.3, 0.4) is 0 Å². The quantitative estimate of drug-likeness (QED) is 0.571. The Labute approximate surface area is 157 Å². The summed E-state index contributed by atoms with van der Waals surface area (Å²) in [4.78, 5) is 0. The van der Waals surface area contributed by atoms with Gasteiger partial charge in [-0.3, -0.25) is 0 Å². The molecule has 1 N–H and O–H groups in total. The molecule has 146 valence electrons. The normalized spacial score (nSPS) is 48.9. The molecule has 7 heteroatoms. The summed E-state index contributed by atoms with van der Waals surface area (Å²) in [7, 11) is 2.68. The van der Waals surface area contributed by atoms with Gasteiger partial charge in [0.05, 0.1) is 31.0 Å². The van der Waals surface area contributed by atoms with E-state index in [4.69, 9.17) is 20.3 Å². The summed E-state index contributed by atoms with van der Waals surface area (Å²) in [5, 5.41) is 4.59. The average Bonchev–Trinajstić information content (AvgIpc) is 2.57. The van der Waals surface area contributed by atoms with E-state index < -0.39 is 0 Å². The highest BCUT2D eigenvalue weighted by Crippen LogP contribution is 2.38. The number of aliphatic hydroxyl groups excluding tert-OH is 1. The van der Waals surface area contributed by atoms with Crippen LogP contribution in [0.15, 0.2) is 0 Å². The molecule has 0 aromatic carbocycles. The standard InChI is InChI=1S/C18H36BO5P/c1-9-10(2)13(5)22-18(11(9)3)23-17-14(6)21-15(8-20)12(4)16(17)24-19(7)25/h9-18,20H,8,25H2,1-7H3/i20T. The summed E-state index contributed by atoms with van der Waals surface area (Å²) >= 11 is 0. The minimum atomic E-state index is -0.269. The van der Waals surface area contributed by atoms with Crippen LogP contribution >= 0.6 is 9.12 Å². The molecular weight excluding hydrogens is 338 g/mol. The second-order valence-electron chi connectivity index (χ2n) is 8.10. The second-order valence-corrected chi connectivity index (χ2v) is 9.04. The molecule has 2 saturated heterocycles. The van der Waals surface area contributed by atoms with Crippen molar-refractivity contribution in [2.75, 3.05) is 6.61 Å². The summed E-state index contributed by atoms with van der Waals surface area (Å²) in [5.41, 5.74) is 0. The van der Waals surface area contributed by atoms with Gasteiger partial charge in [0.15, 0.2) is 6.29 Å². The lowest BCUT2D eigenvalue weighted by Gasteiger charge is -2.49. The first-order valence-electron chi connectivity index (χ1n) is 10.0. The molecule has 2 fully saturated rings. The molecule has 2 aliphatic heterocycles. The fraction of sp³-hybridized carbons (Fsp3) is 1.00. The molecule has 0 saturated carbocycles. The lowest BCUT2D eigenvalue weighted by Crippen LogP contribution is -2.58. The van der Waals surface area contributed by atoms with Crippen molar-refractivity contribution in [2.24, 2.45) is 23.7 Å². The Morgan fingerprint density at radius 1 is 0.960 bits per heavy atom. The van der Waals surface area contributed by atoms with Crippen LogP contribution in [0, 0.1) is 23.7 Å². The van der Waals surface area contributed by atoms with E-state index in [2.05, 4.69) is 48.8 Å². The molecule has 11 unspecified atom stereocenters. The van der Waals surface area contributed by atoms with Crippen LogP contribution in [0.2, 0.25) is 6.82 Å². The molecule has 0 amide bonds. The Kier molecular flexibility index (Phi) is 7.21. The Bertz CT molecular complexity index is 446. The van der Waals surface area contributed by atoms with Crippen molar-refractivity contribution >= 4 is 15.8 Å². The molecule has 2 rings (SSSR count). The Morgan fingerprint density at radius 3 is 2.24 bits per heavy atom. The van der Waals surface area contributed by atoms with Gasteiger partial charge < -0.3 is 24.0 Å². The highest BCUT2D eigenvalue weighted by molar-refractivity contribution is 7.60. The van der Waals surface area contributed by atoms with Crippen LogP contribution in [-0.4, -0.2) is 56.6 Å². The van der Waals surface area contributed by atoms with E-state index in [-0.39, 0.29) is 56.0 Å². The van der Waals surface area contributed by atoms with Crippen LogP contribution in [0.4, 0.5) is 0 Å². The summed E-state index contributed by atoms with van der Waals surface area (Å²) in [6, 6.07) is 0. The van der Waals surface area contributed by atoms with Crippen molar-refractivity contribution in [3.8, 4) is 0 Å². The van der Waals surface area contributed by atoms with Gasteiger partial charge in [-0.2, -0.15) is 0 Å². The smallest absolute Gasteiger partial charge is 0.312 e. The van der Waals surface area contributed by atoms with Gasteiger partial charge in [-0.15, -0.1) is 9.12 Å². The first kappa shape index (κ1) is 20.0. The van der Waals surface area contributed by atoms with Crippen molar-refractivity contribution in [3.05, 3.63) is 0 Å². The predicted molar refractivity (Wildman–Crippen MR) is 103 cm³/mol. The van der Waals surface area contributed by atoms with E-state index in [1.54, 1.807) is 0 Å². The van der Waals surface area contributed by atoms with Gasteiger partial charge in [0, 0.05) is 11.8 Å². The van der Waals surface area contributed by atoms with Crippen LogP contribution in [0.25, 0.3) is 0 Å². The molecule has 0 spiro atoms. The zero-order valence-electron chi connectivity index (χ0n) is 17.7. The van der Waals surface area contributed by atoms with Crippen molar-refractivity contribution in [2.45, 2.75) is 85.2 Å². The second kappa shape index (κ2) is 8.99. The number of hydrogen-bond acceptors (Lipinski definition) is 5. The lowest BCUT2D eigenvalue weighted by atomic mass is 9.79. The Balaban J connectivity index is 2.16. The molecule has 0 bridgehead atoms. The maximum Gasteiger partial charge on any atom is 0.312 e. The molecular formula is C18H36BO5P. The number of ether oxygens (including phenoxy) is 3. The maximum atomic E-state index is 7.07. The third-order valence-electron chi connectivity index (χ3n) is 6.29. The summed E-state index contributed by atoms with van der Waals surface area (Å²) in [5.74, 6) is 1.37. The van der Waals surface area contributed by atoms with Gasteiger partial charge in [0.25, 0.3) is 0 Å². The monoisotopic (exact) mass is 376 g/mol. The van der Waals surface area contributed by atoms with Crippen LogP contribution < -0.4 is 0 Å². The van der Waals surface area contributed by atoms with Gasteiger partial charge in [-0.1, -0.05) is 34.5 Å². The molecule has 0 aromatic heterocycles. The van der Waals surface area contributed by atoms with Crippen molar-refractivity contribution in [1.29, 1.82) is 1.43 Å². The van der Waals surface area contributed by atoms with E-state index in [1.165, 1.54) is 0 Å². The van der Waals surface area contributed by atoms with Gasteiger partial charge >= 0.3 is 6.64 Å². The predicted octanol–water partition coefficient (Wildman–Crippen LogP) is 2.82. The molecule has 0 aliphatic carbocycles. The van der Waals surface area contributed by atoms with Gasteiger partial charge in [0.1, 0.15) is 6.10 Å². The van der Waals surface area contributed by atoms with Gasteiger partial charge in [-0.05, 0) is 25.7 Å². The number of hydrogen-bond donors (Lipinski definition) is 1. The maximum absolute atomic E-state index is 7.07. The van der Waals surface area contributed by atoms with E-state index in [0.29, 0.717) is 17.8 Å². The summed E-state index contributed by atoms with van der Waals surface area (Å²) in [6.45, 7) is 15.1. The lowest BCUT2D eigenvalue weighted by molar-refractivity contribution is -0.303. The third kappa shape index (κ3) is 4.77. The number of aliphatic hydroxyl groups is 1. The molecule has 2 aliphatic rings. The molecule has 2 heterocycles. The number of rotatable bonds is 6. The minimum Gasteiger partial charge on any atom is -0.426 e. The molecule has 0 aromatic rings. The van der Waals surface area contributed by atoms with Crippen LogP contribution in [-0.2, 0) is 18.9 Å². The first-order chi connectivity index (χ1) is 12.2. The van der Waals surface area contributed by atoms with E-state index >= 15 is 0 Å². The summed E-state index contributed by atoms with van der Waals surface area (Å²) < 4.78 is 32.1. The highest BCUT2D eigenvalue weighted by Gasteiger charge is 2.47. The van der Waals surface area contributed by atoms with E-state index in [0.717, 1.165) is 0 Å². The zero-order chi connectivity index (χ0) is 19.6. The molecule has 0 radical (unpaired) electrons. The van der Waals surface area contributed by atoms with Crippen molar-refractivity contribution in [3.63, 3.8) is 0 Å². The third-order valence-corrected chi connectivity index (χ3v) is 6.44. The molecule has 5 nitrogen and oxygen atoms in total. The Hall–Kier alpha value is 0.295. The first-order valence-corrected chi connectivity index (χ1v) is 10.3. The fourth-order valence-electron chi connectivity index (χ4n) is 4.01. The molecule has 25 heavy (non-hydrogen) atoms. The largest absolute Gasteiger partial charge is 0.426 e. The zero-order valence-corrected chi connectivity index (χ0v) is 17.8. The Morgan fingerprint density at radius 2 is 1.64 bits per heavy atom. The average molecular weight is 376 g/mol. The van der Waals surface area contributed by atoms with E-state index in [1.807, 2.05) is 13.7 Å². The van der Waals surface area contributed by atoms with Crippen molar-refractivity contribution < 1.29 is 24.0 Å². The highest BCUT2D eigenvalue weighted by atomic mass is 31.0. The van der Waals surface area contributed by atoms with Crippen LogP contribution in [0.1, 0.15) is 41.5 Å². The van der Waals surface area contributed by atoms with E-state index in [9.17, 15) is 0 Å².